The van der Waals surface area contributed by atoms with Gasteiger partial charge in [-0.25, -0.2) is 19.3 Å². The molecule has 0 aromatic carbocycles. The van der Waals surface area contributed by atoms with Gasteiger partial charge in [-0.2, -0.15) is 10.4 Å². The van der Waals surface area contributed by atoms with Gasteiger partial charge in [0, 0.05) is 48.9 Å². The van der Waals surface area contributed by atoms with E-state index in [-0.39, 0.29) is 17.5 Å². The minimum Gasteiger partial charge on any atom is -0.355 e. The Morgan fingerprint density at radius 2 is 2.23 bits per heavy atom. The number of aromatic nitrogens is 6. The summed E-state index contributed by atoms with van der Waals surface area (Å²) in [5, 5.41) is 14.9. The van der Waals surface area contributed by atoms with E-state index in [9.17, 15) is 9.65 Å². The Hall–Kier alpha value is -3.84. The van der Waals surface area contributed by atoms with Gasteiger partial charge in [0.2, 0.25) is 0 Å². The third-order valence-electron chi connectivity index (χ3n) is 5.83. The number of nitriles is 1. The van der Waals surface area contributed by atoms with Gasteiger partial charge >= 0.3 is 0 Å². The second-order valence-corrected chi connectivity index (χ2v) is 7.61. The first-order valence-corrected chi connectivity index (χ1v) is 10.0. The van der Waals surface area contributed by atoms with Crippen LogP contribution in [0.2, 0.25) is 0 Å². The Bertz CT molecular complexity index is 1270. The van der Waals surface area contributed by atoms with Gasteiger partial charge in [0.1, 0.15) is 29.7 Å². The van der Waals surface area contributed by atoms with Crippen molar-refractivity contribution in [3.05, 3.63) is 54.6 Å². The molecule has 2 atom stereocenters. The van der Waals surface area contributed by atoms with Gasteiger partial charge in [-0.3, -0.25) is 4.68 Å². The molecule has 4 aromatic rings. The van der Waals surface area contributed by atoms with E-state index in [0.717, 1.165) is 41.5 Å². The van der Waals surface area contributed by atoms with E-state index in [2.05, 4.69) is 25.0 Å². The number of nitrogens with two attached hydrogens (primary N) is 1. The number of hydrogen-bond donors (Lipinski definition) is 2. The highest BCUT2D eigenvalue weighted by atomic mass is 19.1. The number of aromatic amines is 1. The molecule has 0 bridgehead atoms. The van der Waals surface area contributed by atoms with Crippen LogP contribution in [0.4, 0.5) is 10.2 Å². The van der Waals surface area contributed by atoms with Gasteiger partial charge in [0.05, 0.1) is 29.7 Å². The fourth-order valence-electron chi connectivity index (χ4n) is 4.32. The van der Waals surface area contributed by atoms with Crippen LogP contribution in [0.5, 0.6) is 0 Å². The second-order valence-electron chi connectivity index (χ2n) is 7.61. The predicted molar refractivity (Wildman–Crippen MR) is 112 cm³/mol. The van der Waals surface area contributed by atoms with Crippen molar-refractivity contribution in [2.45, 2.75) is 12.5 Å². The van der Waals surface area contributed by atoms with E-state index in [1.54, 1.807) is 6.20 Å². The number of fused-ring (bicyclic) bond motifs is 1. The van der Waals surface area contributed by atoms with Crippen molar-refractivity contribution in [2.24, 2.45) is 11.7 Å². The van der Waals surface area contributed by atoms with E-state index < -0.39 is 5.82 Å². The number of rotatable bonds is 5. The first kappa shape index (κ1) is 19.1. The lowest BCUT2D eigenvalue weighted by atomic mass is 9.99. The smallest absolute Gasteiger partial charge is 0.146 e. The molecule has 1 aliphatic heterocycles. The molecular formula is C21H20FN9. The Balaban J connectivity index is 1.39. The van der Waals surface area contributed by atoms with Gasteiger partial charge in [-0.15, -0.1) is 0 Å². The first-order valence-electron chi connectivity index (χ1n) is 10.0. The molecule has 4 aromatic heterocycles. The molecule has 31 heavy (non-hydrogen) atoms. The minimum atomic E-state index is -0.513. The molecule has 1 saturated heterocycles. The van der Waals surface area contributed by atoms with Crippen molar-refractivity contribution in [2.75, 3.05) is 24.5 Å². The monoisotopic (exact) mass is 417 g/mol. The van der Waals surface area contributed by atoms with E-state index in [1.807, 2.05) is 34.1 Å². The van der Waals surface area contributed by atoms with Crippen LogP contribution < -0.4 is 10.6 Å². The highest BCUT2D eigenvalue weighted by molar-refractivity contribution is 5.89. The maximum Gasteiger partial charge on any atom is 0.146 e. The van der Waals surface area contributed by atoms with E-state index >= 15 is 0 Å². The fourth-order valence-corrected chi connectivity index (χ4v) is 4.32. The van der Waals surface area contributed by atoms with Crippen LogP contribution >= 0.6 is 0 Å². The van der Waals surface area contributed by atoms with Crippen LogP contribution in [-0.4, -0.2) is 49.4 Å². The summed E-state index contributed by atoms with van der Waals surface area (Å²) in [5.41, 5.74) is 8.87. The molecule has 5 rings (SSSR count). The zero-order valence-corrected chi connectivity index (χ0v) is 16.6. The molecule has 0 radical (unpaired) electrons. The Labute approximate surface area is 177 Å². The van der Waals surface area contributed by atoms with Crippen molar-refractivity contribution in [1.29, 1.82) is 5.26 Å². The predicted octanol–water partition coefficient (Wildman–Crippen LogP) is 2.25. The summed E-state index contributed by atoms with van der Waals surface area (Å²) in [6, 6.07) is 5.18. The Morgan fingerprint density at radius 3 is 3.06 bits per heavy atom. The summed E-state index contributed by atoms with van der Waals surface area (Å²) < 4.78 is 15.3. The van der Waals surface area contributed by atoms with Crippen molar-refractivity contribution in [3.8, 4) is 17.3 Å². The maximum absolute atomic E-state index is 13.4. The number of nitrogens with zero attached hydrogens (tertiary/aromatic N) is 7. The molecule has 0 aliphatic carbocycles. The summed E-state index contributed by atoms with van der Waals surface area (Å²) in [4.78, 5) is 17.9. The van der Waals surface area contributed by atoms with Gasteiger partial charge in [-0.1, -0.05) is 0 Å². The SMILES string of the molecule is N#Cc1cc(F)cnc1N1CC[C@H]([C@H](CN)n2cc(-c3ncnc4[nH]ccc34)cn2)C1. The van der Waals surface area contributed by atoms with Gasteiger partial charge in [0.25, 0.3) is 0 Å². The standard InChI is InChI=1S/C21H20FN9/c22-16-5-14(6-23)21(26-9-16)30-4-2-13(10-30)18(7-24)31-11-15(8-29-31)19-17-1-3-25-20(17)28-12-27-19/h1,3,5,8-9,11-13,18H,2,4,7,10,24H2,(H,25,27,28)/t13-,18-/m0/s1. The lowest BCUT2D eigenvalue weighted by molar-refractivity contribution is 0.334. The minimum absolute atomic E-state index is 0.0201. The first-order chi connectivity index (χ1) is 15.2. The topological polar surface area (TPSA) is 125 Å². The molecule has 0 unspecified atom stereocenters. The molecule has 156 valence electrons. The molecule has 0 spiro atoms. The quantitative estimate of drug-likeness (QED) is 0.510. The average Bonchev–Trinajstić information content (AvgIpc) is 3.55. The van der Waals surface area contributed by atoms with Crippen LogP contribution in [0.25, 0.3) is 22.3 Å². The van der Waals surface area contributed by atoms with E-state index in [0.29, 0.717) is 18.9 Å². The lowest BCUT2D eigenvalue weighted by Crippen LogP contribution is -2.30. The van der Waals surface area contributed by atoms with Crippen molar-refractivity contribution >= 4 is 16.9 Å². The highest BCUT2D eigenvalue weighted by Crippen LogP contribution is 2.32. The molecule has 0 amide bonds. The Kier molecular flexibility index (Phi) is 4.80. The van der Waals surface area contributed by atoms with Crippen molar-refractivity contribution in [3.63, 3.8) is 0 Å². The summed E-state index contributed by atoms with van der Waals surface area (Å²) in [6.07, 6.45) is 9.14. The summed E-state index contributed by atoms with van der Waals surface area (Å²) in [6.45, 7) is 1.81. The fraction of sp³-hybridized carbons (Fsp3) is 0.286. The van der Waals surface area contributed by atoms with Gasteiger partial charge in [0.15, 0.2) is 0 Å². The summed E-state index contributed by atoms with van der Waals surface area (Å²) >= 11 is 0. The van der Waals surface area contributed by atoms with Gasteiger partial charge < -0.3 is 15.6 Å². The molecule has 1 aliphatic rings. The number of pyridine rings is 1. The average molecular weight is 417 g/mol. The third-order valence-corrected chi connectivity index (χ3v) is 5.83. The van der Waals surface area contributed by atoms with E-state index in [1.165, 1.54) is 12.4 Å². The zero-order chi connectivity index (χ0) is 21.4. The number of nitrogens with one attached hydrogen (secondary N) is 1. The molecular weight excluding hydrogens is 397 g/mol. The van der Waals surface area contributed by atoms with Crippen molar-refractivity contribution < 1.29 is 4.39 Å². The second kappa shape index (κ2) is 7.77. The molecule has 0 saturated carbocycles. The highest BCUT2D eigenvalue weighted by Gasteiger charge is 2.32. The van der Waals surface area contributed by atoms with Crippen LogP contribution in [0.15, 0.2) is 43.2 Å². The molecule has 1 fully saturated rings. The molecule has 3 N–H and O–H groups in total. The zero-order valence-electron chi connectivity index (χ0n) is 16.6. The molecule has 9 nitrogen and oxygen atoms in total. The number of anilines is 1. The Morgan fingerprint density at radius 1 is 1.32 bits per heavy atom. The van der Waals surface area contributed by atoms with Crippen molar-refractivity contribution in [1.82, 2.24) is 29.7 Å². The van der Waals surface area contributed by atoms with Crippen LogP contribution in [-0.2, 0) is 0 Å². The largest absolute Gasteiger partial charge is 0.355 e. The van der Waals surface area contributed by atoms with E-state index in [4.69, 9.17) is 5.73 Å². The summed E-state index contributed by atoms with van der Waals surface area (Å²) in [5.74, 6) is 0.217. The van der Waals surface area contributed by atoms with Crippen LogP contribution in [0.1, 0.15) is 18.0 Å². The lowest BCUT2D eigenvalue weighted by Gasteiger charge is -2.24. The normalized spacial score (nSPS) is 17.2. The molecule has 5 heterocycles. The number of hydrogen-bond acceptors (Lipinski definition) is 7. The number of H-pyrrole nitrogens is 1. The maximum atomic E-state index is 13.4. The van der Waals surface area contributed by atoms with Gasteiger partial charge in [-0.05, 0) is 18.6 Å². The number of halogens is 1. The van der Waals surface area contributed by atoms with Crippen LogP contribution in [0, 0.1) is 23.1 Å². The van der Waals surface area contributed by atoms with Crippen LogP contribution in [0.3, 0.4) is 0 Å². The molecule has 10 heteroatoms. The summed E-state index contributed by atoms with van der Waals surface area (Å²) in [7, 11) is 0. The third kappa shape index (κ3) is 3.39.